The number of amides is 1. The fraction of sp³-hybridized carbons (Fsp3) is 0.552. The monoisotopic (exact) mass is 552 g/mol. The number of alkyl halides is 3. The quantitative estimate of drug-likeness (QED) is 0.451. The molecule has 2 aliphatic heterocycles. The number of hydrogen-bond acceptors (Lipinski definition) is 4. The van der Waals surface area contributed by atoms with E-state index in [-0.39, 0.29) is 49.8 Å². The minimum absolute atomic E-state index is 0.0529. The summed E-state index contributed by atoms with van der Waals surface area (Å²) in [5.41, 5.74) is -0.818. The minimum Gasteiger partial charge on any atom is -0.490 e. The van der Waals surface area contributed by atoms with E-state index in [1.165, 1.54) is 29.2 Å². The van der Waals surface area contributed by atoms with Crippen molar-refractivity contribution in [1.29, 1.82) is 0 Å². The van der Waals surface area contributed by atoms with Gasteiger partial charge in [-0.25, -0.2) is 8.78 Å². The third-order valence-electron chi connectivity index (χ3n) is 8.54. The number of halogens is 5. The Bertz CT molecular complexity index is 1190. The average Bonchev–Trinajstić information content (AvgIpc) is 3.31. The van der Waals surface area contributed by atoms with Gasteiger partial charge in [0.15, 0.2) is 11.6 Å². The second-order valence-corrected chi connectivity index (χ2v) is 11.2. The van der Waals surface area contributed by atoms with E-state index in [0.29, 0.717) is 56.4 Å². The van der Waals surface area contributed by atoms with Crippen LogP contribution in [0.1, 0.15) is 48.9 Å². The lowest BCUT2D eigenvalue weighted by Gasteiger charge is -2.47. The SMILES string of the molecule is O=C(c1ccc(-c2ccc(OCC3CCN(CC4(C(F)(F)F)CCC4)CC3)c(F)c2)cc1F)N1CCC(O)C1. The van der Waals surface area contributed by atoms with E-state index < -0.39 is 35.2 Å². The van der Waals surface area contributed by atoms with Crippen molar-refractivity contribution in [2.24, 2.45) is 11.3 Å². The van der Waals surface area contributed by atoms with Crippen LogP contribution in [0.3, 0.4) is 0 Å². The van der Waals surface area contributed by atoms with Gasteiger partial charge in [0.2, 0.25) is 0 Å². The number of piperidine rings is 1. The van der Waals surface area contributed by atoms with Crippen molar-refractivity contribution in [3.05, 3.63) is 53.6 Å². The molecule has 0 aromatic heterocycles. The van der Waals surface area contributed by atoms with Gasteiger partial charge < -0.3 is 19.6 Å². The Labute approximate surface area is 224 Å². The lowest BCUT2D eigenvalue weighted by molar-refractivity contribution is -0.256. The fourth-order valence-electron chi connectivity index (χ4n) is 5.84. The van der Waals surface area contributed by atoms with E-state index in [9.17, 15) is 31.9 Å². The molecular formula is C29H33F5N2O3. The van der Waals surface area contributed by atoms with E-state index in [1.807, 2.05) is 4.90 Å². The highest BCUT2D eigenvalue weighted by atomic mass is 19.4. The van der Waals surface area contributed by atoms with Crippen LogP contribution in [-0.4, -0.2) is 72.4 Å². The van der Waals surface area contributed by atoms with Crippen molar-refractivity contribution < 1.29 is 36.6 Å². The summed E-state index contributed by atoms with van der Waals surface area (Å²) in [6.45, 7) is 1.99. The number of carbonyl (C=O) groups is 1. The summed E-state index contributed by atoms with van der Waals surface area (Å²) in [6, 6.07) is 8.46. The number of aliphatic hydroxyl groups is 1. The van der Waals surface area contributed by atoms with Crippen LogP contribution >= 0.6 is 0 Å². The molecule has 3 fully saturated rings. The fourth-order valence-corrected chi connectivity index (χ4v) is 5.84. The summed E-state index contributed by atoms with van der Waals surface area (Å²) in [4.78, 5) is 15.9. The summed E-state index contributed by atoms with van der Waals surface area (Å²) in [7, 11) is 0. The summed E-state index contributed by atoms with van der Waals surface area (Å²) < 4.78 is 75.8. The molecule has 5 nitrogen and oxygen atoms in total. The van der Waals surface area contributed by atoms with Crippen LogP contribution in [0.25, 0.3) is 11.1 Å². The van der Waals surface area contributed by atoms with Gasteiger partial charge in [0.05, 0.1) is 23.7 Å². The Kier molecular flexibility index (Phi) is 7.88. The Morgan fingerprint density at radius 2 is 1.64 bits per heavy atom. The van der Waals surface area contributed by atoms with E-state index >= 15 is 0 Å². The predicted octanol–water partition coefficient (Wildman–Crippen LogP) is 5.66. The lowest BCUT2D eigenvalue weighted by Crippen LogP contribution is -2.53. The molecule has 0 radical (unpaired) electrons. The highest BCUT2D eigenvalue weighted by Crippen LogP contribution is 2.53. The summed E-state index contributed by atoms with van der Waals surface area (Å²) in [6.07, 6.45) is -1.91. The summed E-state index contributed by atoms with van der Waals surface area (Å²) in [5, 5.41) is 9.63. The number of benzene rings is 2. The second kappa shape index (κ2) is 11.0. The van der Waals surface area contributed by atoms with Gasteiger partial charge in [-0.05, 0) is 86.5 Å². The number of aliphatic hydroxyl groups excluding tert-OH is 1. The topological polar surface area (TPSA) is 53.0 Å². The van der Waals surface area contributed by atoms with Gasteiger partial charge in [-0.2, -0.15) is 13.2 Å². The number of hydrogen-bond donors (Lipinski definition) is 1. The van der Waals surface area contributed by atoms with Gasteiger partial charge in [0.25, 0.3) is 5.91 Å². The standard InChI is InChI=1S/C29H33F5N2O3/c30-24-14-20(2-4-23(24)27(38)36-13-8-22(37)16-36)21-3-5-26(25(31)15-21)39-17-19-6-11-35(12-7-19)18-28(9-1-10-28)29(32,33)34/h2-5,14-15,19,22,37H,1,6-13,16-18H2. The van der Waals surface area contributed by atoms with Gasteiger partial charge in [0.1, 0.15) is 5.82 Å². The third kappa shape index (κ3) is 5.91. The molecule has 39 heavy (non-hydrogen) atoms. The molecule has 1 amide bonds. The zero-order valence-electron chi connectivity index (χ0n) is 21.7. The molecular weight excluding hydrogens is 519 g/mol. The molecule has 2 saturated heterocycles. The molecule has 5 rings (SSSR count). The minimum atomic E-state index is -4.17. The number of carbonyl (C=O) groups excluding carboxylic acids is 1. The molecule has 1 N–H and O–H groups in total. The molecule has 1 aliphatic carbocycles. The molecule has 1 unspecified atom stereocenters. The summed E-state index contributed by atoms with van der Waals surface area (Å²) >= 11 is 0. The normalized spacial score (nSPS) is 22.1. The first-order chi connectivity index (χ1) is 18.5. The molecule has 212 valence electrons. The zero-order chi connectivity index (χ0) is 27.8. The molecule has 2 aromatic carbocycles. The second-order valence-electron chi connectivity index (χ2n) is 11.2. The molecule has 1 atom stereocenters. The number of β-amino-alcohol motifs (C(OH)–C–C–N with tert-alkyl or cyclic N) is 1. The largest absolute Gasteiger partial charge is 0.490 e. The van der Waals surface area contributed by atoms with Crippen molar-refractivity contribution in [2.45, 2.75) is 50.8 Å². The van der Waals surface area contributed by atoms with Crippen LogP contribution in [0.15, 0.2) is 36.4 Å². The number of likely N-dealkylation sites (tertiary alicyclic amines) is 2. The molecule has 3 aliphatic rings. The number of ether oxygens (including phenoxy) is 1. The smallest absolute Gasteiger partial charge is 0.395 e. The first-order valence-corrected chi connectivity index (χ1v) is 13.5. The van der Waals surface area contributed by atoms with Crippen LogP contribution in [0.5, 0.6) is 5.75 Å². The highest BCUT2D eigenvalue weighted by Gasteiger charge is 2.58. The maximum atomic E-state index is 14.8. The Balaban J connectivity index is 1.14. The highest BCUT2D eigenvalue weighted by molar-refractivity contribution is 5.95. The van der Waals surface area contributed by atoms with Crippen molar-refractivity contribution in [3.63, 3.8) is 0 Å². The molecule has 1 saturated carbocycles. The molecule has 2 aromatic rings. The maximum absolute atomic E-state index is 14.8. The van der Waals surface area contributed by atoms with Crippen LogP contribution in [0.4, 0.5) is 22.0 Å². The van der Waals surface area contributed by atoms with Crippen LogP contribution in [0, 0.1) is 23.0 Å². The Hall–Kier alpha value is -2.72. The van der Waals surface area contributed by atoms with Crippen LogP contribution < -0.4 is 4.74 Å². The molecule has 10 heteroatoms. The van der Waals surface area contributed by atoms with Crippen molar-refractivity contribution in [1.82, 2.24) is 9.80 Å². The van der Waals surface area contributed by atoms with E-state index in [0.717, 1.165) is 0 Å². The van der Waals surface area contributed by atoms with Crippen molar-refractivity contribution in [2.75, 3.05) is 39.3 Å². The van der Waals surface area contributed by atoms with Crippen molar-refractivity contribution >= 4 is 5.91 Å². The Morgan fingerprint density at radius 3 is 2.18 bits per heavy atom. The third-order valence-corrected chi connectivity index (χ3v) is 8.54. The molecule has 2 heterocycles. The van der Waals surface area contributed by atoms with Gasteiger partial charge >= 0.3 is 6.18 Å². The number of rotatable bonds is 7. The lowest BCUT2D eigenvalue weighted by atomic mass is 9.67. The zero-order valence-corrected chi connectivity index (χ0v) is 21.7. The van der Waals surface area contributed by atoms with Crippen LogP contribution in [0.2, 0.25) is 0 Å². The average molecular weight is 553 g/mol. The van der Waals surface area contributed by atoms with Gasteiger partial charge in [0, 0.05) is 19.6 Å². The Morgan fingerprint density at radius 1 is 0.974 bits per heavy atom. The predicted molar refractivity (Wildman–Crippen MR) is 135 cm³/mol. The van der Waals surface area contributed by atoms with Crippen molar-refractivity contribution in [3.8, 4) is 16.9 Å². The maximum Gasteiger partial charge on any atom is 0.395 e. The molecule has 0 spiro atoms. The first-order valence-electron chi connectivity index (χ1n) is 13.5. The molecule has 0 bridgehead atoms. The number of nitrogens with zero attached hydrogens (tertiary/aromatic N) is 2. The van der Waals surface area contributed by atoms with Crippen LogP contribution in [-0.2, 0) is 0 Å². The summed E-state index contributed by atoms with van der Waals surface area (Å²) in [5.74, 6) is -1.62. The first kappa shape index (κ1) is 27.8. The van der Waals surface area contributed by atoms with Gasteiger partial charge in [-0.3, -0.25) is 4.79 Å². The van der Waals surface area contributed by atoms with Gasteiger partial charge in [-0.1, -0.05) is 18.6 Å². The van der Waals surface area contributed by atoms with E-state index in [4.69, 9.17) is 4.74 Å². The van der Waals surface area contributed by atoms with E-state index in [2.05, 4.69) is 0 Å². The van der Waals surface area contributed by atoms with Gasteiger partial charge in [-0.15, -0.1) is 0 Å². The van der Waals surface area contributed by atoms with E-state index in [1.54, 1.807) is 12.1 Å².